The number of likely N-dealkylation sites (tertiary alicyclic amines) is 1. The van der Waals surface area contributed by atoms with Crippen LogP contribution < -0.4 is 10.9 Å². The van der Waals surface area contributed by atoms with Crippen LogP contribution in [-0.4, -0.2) is 58.3 Å². The average Bonchev–Trinajstić information content (AvgIpc) is 3.66. The van der Waals surface area contributed by atoms with Gasteiger partial charge in [-0.2, -0.15) is 13.2 Å². The lowest BCUT2D eigenvalue weighted by Crippen LogP contribution is -2.41. The number of terminal acetylenes is 1. The Morgan fingerprint density at radius 2 is 1.77 bits per heavy atom. The number of nitrogens with one attached hydrogen (secondary N) is 1. The van der Waals surface area contributed by atoms with Crippen LogP contribution in [0.1, 0.15) is 78.6 Å². The lowest BCUT2D eigenvalue weighted by atomic mass is 9.88. The highest BCUT2D eigenvalue weighted by molar-refractivity contribution is 5.83. The Morgan fingerprint density at radius 3 is 2.31 bits per heavy atom. The number of aryl methyl sites for hydroxylation is 2. The van der Waals surface area contributed by atoms with Crippen LogP contribution in [0.2, 0.25) is 0 Å². The Bertz CT molecular complexity index is 1960. The molecule has 8 nitrogen and oxygen atoms in total. The van der Waals surface area contributed by atoms with E-state index in [1.165, 1.54) is 13.8 Å². The van der Waals surface area contributed by atoms with Crippen LogP contribution in [0.15, 0.2) is 35.3 Å². The summed E-state index contributed by atoms with van der Waals surface area (Å²) in [6, 6.07) is 0.217. The topological polar surface area (TPSA) is 101 Å². The summed E-state index contributed by atoms with van der Waals surface area (Å²) < 4.78 is 95.6. The van der Waals surface area contributed by atoms with Crippen molar-refractivity contribution in [3.05, 3.63) is 91.6 Å². The summed E-state index contributed by atoms with van der Waals surface area (Å²) in [6.07, 6.45) is 1.30. The van der Waals surface area contributed by atoms with Gasteiger partial charge in [0.25, 0.3) is 5.56 Å². The molecular formula is C38H39F6N3O5. The first-order valence-electron chi connectivity index (χ1n) is 16.8. The zero-order valence-electron chi connectivity index (χ0n) is 29.0. The summed E-state index contributed by atoms with van der Waals surface area (Å²) in [5, 5.41) is 12.2. The summed E-state index contributed by atoms with van der Waals surface area (Å²) in [7, 11) is 0. The van der Waals surface area contributed by atoms with Gasteiger partial charge in [0.2, 0.25) is 5.91 Å². The van der Waals surface area contributed by atoms with E-state index in [0.717, 1.165) is 35.4 Å². The van der Waals surface area contributed by atoms with E-state index < -0.39 is 70.7 Å². The van der Waals surface area contributed by atoms with E-state index in [4.69, 9.17) is 11.2 Å². The van der Waals surface area contributed by atoms with Crippen molar-refractivity contribution in [2.45, 2.75) is 83.8 Å². The molecule has 14 heteroatoms. The first-order chi connectivity index (χ1) is 24.4. The van der Waals surface area contributed by atoms with Crippen molar-refractivity contribution in [1.82, 2.24) is 14.8 Å². The van der Waals surface area contributed by atoms with Crippen LogP contribution >= 0.6 is 0 Å². The third-order valence-corrected chi connectivity index (χ3v) is 9.68. The summed E-state index contributed by atoms with van der Waals surface area (Å²) in [6.45, 7) is 7.66. The molecule has 4 atom stereocenters. The van der Waals surface area contributed by atoms with Gasteiger partial charge in [0.05, 0.1) is 30.7 Å². The van der Waals surface area contributed by atoms with Crippen LogP contribution in [0.25, 0.3) is 11.1 Å². The molecule has 3 heterocycles. The van der Waals surface area contributed by atoms with Gasteiger partial charge >= 0.3 is 12.1 Å². The normalized spacial score (nSPS) is 18.4. The number of nitrogens with zero attached hydrogens (tertiary/aromatic N) is 2. The van der Waals surface area contributed by atoms with Gasteiger partial charge in [0.1, 0.15) is 23.5 Å². The average molecular weight is 732 g/mol. The van der Waals surface area contributed by atoms with E-state index in [9.17, 15) is 37.1 Å². The highest BCUT2D eigenvalue weighted by Gasteiger charge is 2.40. The van der Waals surface area contributed by atoms with Gasteiger partial charge in [-0.05, 0) is 79.5 Å². The number of carboxylic acids is 1. The van der Waals surface area contributed by atoms with E-state index in [1.54, 1.807) is 13.8 Å². The molecule has 0 aliphatic carbocycles. The molecular weight excluding hydrogens is 692 g/mol. The van der Waals surface area contributed by atoms with Crippen LogP contribution in [-0.2, 0) is 26.9 Å². The molecule has 0 radical (unpaired) electrons. The van der Waals surface area contributed by atoms with E-state index >= 15 is 8.78 Å². The highest BCUT2D eigenvalue weighted by Crippen LogP contribution is 2.39. The molecule has 1 aromatic heterocycles. The fraction of sp³-hybridized carbons (Fsp3) is 0.447. The number of aliphatic carboxylic acids is 1. The number of morpholine rings is 1. The maximum Gasteiger partial charge on any atom is 0.416 e. The molecule has 2 aliphatic rings. The maximum atomic E-state index is 16.6. The molecule has 5 rings (SSSR count). The van der Waals surface area contributed by atoms with Gasteiger partial charge in [-0.15, -0.1) is 6.42 Å². The number of amides is 1. The Hall–Kier alpha value is -4.61. The number of aromatic nitrogens is 1. The molecule has 0 saturated carbocycles. The van der Waals surface area contributed by atoms with Crippen molar-refractivity contribution in [1.29, 1.82) is 0 Å². The number of halogens is 6. The van der Waals surface area contributed by atoms with Crippen molar-refractivity contribution in [3.8, 4) is 23.5 Å². The number of carboxylic acid groups (broad SMARTS) is 1. The smallest absolute Gasteiger partial charge is 0.416 e. The molecule has 2 fully saturated rings. The lowest BCUT2D eigenvalue weighted by molar-refractivity contribution is -0.139. The summed E-state index contributed by atoms with van der Waals surface area (Å²) in [5.74, 6) is -3.86. The number of carbonyl (C=O) groups excluding carboxylic acids is 1. The molecule has 0 unspecified atom stereocenters. The lowest BCUT2D eigenvalue weighted by Gasteiger charge is -2.28. The standard InChI is InChI=1S/C38H39F6N3O5/c1-6-22-12-28(40)35(36(41)34(22)33-20(4)10-24(39)11-21(33)5)29(15-32(49)50)45-37(51)30(9-19(2)3)47-16-23(27(14-31(47)48)38(42,43)44)7-8-46-17-26-13-25(46)18-52-26/h1,10-12,14,16,19,25-26,29-30H,7-9,13,15,17-18H2,2-5H3,(H,45,51)(H,49,50)/t25-,26-,29-,30-/m0/s1. The fourth-order valence-corrected chi connectivity index (χ4v) is 7.39. The number of ether oxygens (including phenoxy) is 1. The number of hydrogen-bond acceptors (Lipinski definition) is 5. The number of benzene rings is 2. The Kier molecular flexibility index (Phi) is 11.3. The molecule has 2 saturated heterocycles. The van der Waals surface area contributed by atoms with E-state index in [-0.39, 0.29) is 70.8 Å². The predicted molar refractivity (Wildman–Crippen MR) is 180 cm³/mol. The van der Waals surface area contributed by atoms with Crippen molar-refractivity contribution < 1.29 is 45.8 Å². The van der Waals surface area contributed by atoms with Crippen molar-refractivity contribution in [2.24, 2.45) is 5.92 Å². The van der Waals surface area contributed by atoms with Crippen molar-refractivity contribution in [3.63, 3.8) is 0 Å². The van der Waals surface area contributed by atoms with Crippen molar-refractivity contribution >= 4 is 11.9 Å². The Balaban J connectivity index is 1.57. The molecule has 0 spiro atoms. The summed E-state index contributed by atoms with van der Waals surface area (Å²) >= 11 is 0. The second kappa shape index (κ2) is 15.2. The number of pyridine rings is 1. The molecule has 3 aromatic rings. The molecule has 2 aliphatic heterocycles. The van der Waals surface area contributed by atoms with E-state index in [2.05, 4.69) is 11.2 Å². The monoisotopic (exact) mass is 731 g/mol. The predicted octanol–water partition coefficient (Wildman–Crippen LogP) is 6.48. The first kappa shape index (κ1) is 38.6. The summed E-state index contributed by atoms with van der Waals surface area (Å²) in [5.41, 5.74) is -3.25. The number of fused-ring (bicyclic) bond motifs is 2. The molecule has 278 valence electrons. The third kappa shape index (κ3) is 8.05. The number of rotatable bonds is 12. The first-order valence-corrected chi connectivity index (χ1v) is 16.8. The van der Waals surface area contributed by atoms with Crippen LogP contribution in [0.3, 0.4) is 0 Å². The molecule has 2 N–H and O–H groups in total. The SMILES string of the molecule is C#Cc1cc(F)c([C@H](CC(=O)O)NC(=O)[C@H](CC(C)C)n2cc(CCN3C[C@@H]4C[C@H]3CO4)c(C(F)(F)F)cc2=O)c(F)c1-c1c(C)cc(F)cc1C. The minimum absolute atomic E-state index is 0.0103. The Labute approximate surface area is 296 Å². The maximum absolute atomic E-state index is 16.6. The zero-order chi connectivity index (χ0) is 38.2. The van der Waals surface area contributed by atoms with Gasteiger partial charge in [0, 0.05) is 48.1 Å². The van der Waals surface area contributed by atoms with Gasteiger partial charge in [0.15, 0.2) is 0 Å². The van der Waals surface area contributed by atoms with Gasteiger partial charge in [-0.1, -0.05) is 19.8 Å². The minimum atomic E-state index is -4.87. The van der Waals surface area contributed by atoms with Crippen LogP contribution in [0, 0.1) is 49.6 Å². The minimum Gasteiger partial charge on any atom is -0.481 e. The molecule has 2 bridgehead atoms. The van der Waals surface area contributed by atoms with Gasteiger partial charge < -0.3 is 19.7 Å². The highest BCUT2D eigenvalue weighted by atomic mass is 19.4. The van der Waals surface area contributed by atoms with E-state index in [0.29, 0.717) is 19.2 Å². The number of hydrogen-bond donors (Lipinski definition) is 2. The zero-order valence-corrected chi connectivity index (χ0v) is 29.0. The Morgan fingerprint density at radius 1 is 1.10 bits per heavy atom. The summed E-state index contributed by atoms with van der Waals surface area (Å²) in [4.78, 5) is 41.5. The number of carbonyl (C=O) groups is 2. The molecule has 52 heavy (non-hydrogen) atoms. The number of alkyl halides is 3. The van der Waals surface area contributed by atoms with Gasteiger partial charge in [-0.3, -0.25) is 19.3 Å². The van der Waals surface area contributed by atoms with Crippen LogP contribution in [0.4, 0.5) is 26.3 Å². The second-order valence-corrected chi connectivity index (χ2v) is 13.9. The molecule has 1 amide bonds. The van der Waals surface area contributed by atoms with E-state index in [1.807, 2.05) is 4.90 Å². The van der Waals surface area contributed by atoms with Gasteiger partial charge in [-0.25, -0.2) is 13.2 Å². The third-order valence-electron chi connectivity index (χ3n) is 9.68. The van der Waals surface area contributed by atoms with Crippen LogP contribution in [0.5, 0.6) is 0 Å². The quantitative estimate of drug-likeness (QED) is 0.163. The molecule has 2 aromatic carbocycles. The fourth-order valence-electron chi connectivity index (χ4n) is 7.39. The largest absolute Gasteiger partial charge is 0.481 e. The second-order valence-electron chi connectivity index (χ2n) is 13.9. The van der Waals surface area contributed by atoms with Crippen molar-refractivity contribution in [2.75, 3.05) is 19.7 Å².